The number of aryl methyl sites for hydroxylation is 2. The van der Waals surface area contributed by atoms with Crippen molar-refractivity contribution in [1.82, 2.24) is 0 Å². The predicted molar refractivity (Wildman–Crippen MR) is 78.8 cm³/mol. The molecule has 1 aliphatic rings. The van der Waals surface area contributed by atoms with Crippen LogP contribution in [0.15, 0.2) is 59.0 Å². The van der Waals surface area contributed by atoms with Crippen LogP contribution in [0.4, 0.5) is 11.4 Å². The van der Waals surface area contributed by atoms with E-state index in [2.05, 4.69) is 61.7 Å². The van der Waals surface area contributed by atoms with Crippen molar-refractivity contribution in [3.63, 3.8) is 0 Å². The van der Waals surface area contributed by atoms with Crippen molar-refractivity contribution in [1.29, 1.82) is 0 Å². The van der Waals surface area contributed by atoms with Gasteiger partial charge in [-0.1, -0.05) is 30.5 Å². The van der Waals surface area contributed by atoms with Gasteiger partial charge in [0.1, 0.15) is 0 Å². The summed E-state index contributed by atoms with van der Waals surface area (Å²) in [5, 5.41) is 0. The number of fused-ring (bicyclic) bond motifs is 2. The minimum Gasteiger partial charge on any atom is -0.315 e. The second-order valence-corrected chi connectivity index (χ2v) is 5.68. The van der Waals surface area contributed by atoms with E-state index < -0.39 is 0 Å². The van der Waals surface area contributed by atoms with Crippen molar-refractivity contribution < 1.29 is 0 Å². The van der Waals surface area contributed by atoms with E-state index in [-0.39, 0.29) is 0 Å². The van der Waals surface area contributed by atoms with E-state index in [0.717, 1.165) is 0 Å². The van der Waals surface area contributed by atoms with E-state index in [0.29, 0.717) is 0 Å². The maximum Gasteiger partial charge on any atom is 0.0595 e. The first kappa shape index (κ1) is 11.4. The van der Waals surface area contributed by atoms with Gasteiger partial charge in [-0.25, -0.2) is 0 Å². The Bertz CT molecular complexity index is 579. The molecule has 90 valence electrons. The highest BCUT2D eigenvalue weighted by Crippen LogP contribution is 2.48. The van der Waals surface area contributed by atoms with Crippen LogP contribution in [-0.2, 0) is 0 Å². The van der Waals surface area contributed by atoms with E-state index in [4.69, 9.17) is 0 Å². The third-order valence-electron chi connectivity index (χ3n) is 3.15. The van der Waals surface area contributed by atoms with Crippen LogP contribution in [-0.4, -0.2) is 0 Å². The Kier molecular flexibility index (Phi) is 2.67. The van der Waals surface area contributed by atoms with Crippen molar-refractivity contribution in [3.8, 4) is 0 Å². The van der Waals surface area contributed by atoms with Crippen LogP contribution < -0.4 is 4.90 Å². The van der Waals surface area contributed by atoms with Gasteiger partial charge in [0.05, 0.1) is 11.4 Å². The van der Waals surface area contributed by atoms with Crippen LogP contribution in [0.1, 0.15) is 11.1 Å². The average molecular weight is 253 g/mol. The van der Waals surface area contributed by atoms with Crippen molar-refractivity contribution in [2.24, 2.45) is 0 Å². The van der Waals surface area contributed by atoms with Crippen LogP contribution in [0, 0.1) is 13.8 Å². The quantitative estimate of drug-likeness (QED) is 0.699. The number of hydrogen-bond donors (Lipinski definition) is 0. The van der Waals surface area contributed by atoms with Gasteiger partial charge < -0.3 is 4.90 Å². The monoisotopic (exact) mass is 253 g/mol. The summed E-state index contributed by atoms with van der Waals surface area (Å²) in [6.45, 7) is 8.20. The minimum absolute atomic E-state index is 1.22. The lowest BCUT2D eigenvalue weighted by Gasteiger charge is -2.30. The number of anilines is 2. The Balaban J connectivity index is 2.21. The van der Waals surface area contributed by atoms with Crippen molar-refractivity contribution >= 4 is 23.1 Å². The van der Waals surface area contributed by atoms with Gasteiger partial charge >= 0.3 is 0 Å². The number of hydrogen-bond acceptors (Lipinski definition) is 2. The molecule has 1 heterocycles. The molecule has 1 aliphatic heterocycles. The lowest BCUT2D eigenvalue weighted by molar-refractivity contribution is 1.15. The molecular formula is C16H15NS. The summed E-state index contributed by atoms with van der Waals surface area (Å²) in [5.41, 5.74) is 5.02. The fourth-order valence-electron chi connectivity index (χ4n) is 2.25. The molecule has 1 nitrogen and oxygen atoms in total. The Morgan fingerprint density at radius 3 is 1.89 bits per heavy atom. The standard InChI is InChI=1S/C16H15NS/c1-4-17-13-7-5-11(2)9-15(13)18-16-10-12(3)6-8-14(16)17/h4-10H,1H2,2-3H3. The van der Waals surface area contributed by atoms with Gasteiger partial charge in [0.2, 0.25) is 0 Å². The molecule has 0 saturated heterocycles. The topological polar surface area (TPSA) is 3.24 Å². The highest BCUT2D eigenvalue weighted by Gasteiger charge is 2.21. The first-order valence-corrected chi connectivity index (χ1v) is 6.81. The summed E-state index contributed by atoms with van der Waals surface area (Å²) in [5.74, 6) is 0. The zero-order valence-electron chi connectivity index (χ0n) is 10.6. The summed E-state index contributed by atoms with van der Waals surface area (Å²) in [6.07, 6.45) is 1.89. The molecule has 0 amide bonds. The number of rotatable bonds is 1. The first-order chi connectivity index (χ1) is 8.69. The summed E-state index contributed by atoms with van der Waals surface area (Å²) < 4.78 is 0. The van der Waals surface area contributed by atoms with E-state index in [1.165, 1.54) is 32.3 Å². The molecule has 0 fully saturated rings. The molecule has 3 rings (SSSR count). The highest BCUT2D eigenvalue weighted by molar-refractivity contribution is 7.99. The van der Waals surface area contributed by atoms with E-state index in [1.54, 1.807) is 0 Å². The predicted octanol–water partition coefficient (Wildman–Crippen LogP) is 5.05. The van der Waals surface area contributed by atoms with E-state index >= 15 is 0 Å². The van der Waals surface area contributed by atoms with Crippen LogP contribution in [0.5, 0.6) is 0 Å². The molecular weight excluding hydrogens is 238 g/mol. The number of nitrogens with zero attached hydrogens (tertiary/aromatic N) is 1. The molecule has 2 aromatic rings. The molecule has 0 atom stereocenters. The summed E-state index contributed by atoms with van der Waals surface area (Å²) in [7, 11) is 0. The third kappa shape index (κ3) is 1.73. The van der Waals surface area contributed by atoms with Crippen molar-refractivity contribution in [2.45, 2.75) is 23.6 Å². The highest BCUT2D eigenvalue weighted by atomic mass is 32.2. The number of benzene rings is 2. The Hall–Kier alpha value is -1.67. The van der Waals surface area contributed by atoms with Crippen LogP contribution in [0.2, 0.25) is 0 Å². The molecule has 18 heavy (non-hydrogen) atoms. The fraction of sp³-hybridized carbons (Fsp3) is 0.125. The average Bonchev–Trinajstić information content (AvgIpc) is 2.35. The van der Waals surface area contributed by atoms with Gasteiger partial charge in [-0.05, 0) is 49.2 Å². The summed E-state index contributed by atoms with van der Waals surface area (Å²) in [6, 6.07) is 13.1. The molecule has 0 radical (unpaired) electrons. The molecule has 0 aliphatic carbocycles. The molecule has 0 N–H and O–H groups in total. The van der Waals surface area contributed by atoms with Gasteiger partial charge in [0.15, 0.2) is 0 Å². The van der Waals surface area contributed by atoms with Gasteiger partial charge in [-0.3, -0.25) is 0 Å². The maximum atomic E-state index is 3.94. The Morgan fingerprint density at radius 2 is 1.44 bits per heavy atom. The van der Waals surface area contributed by atoms with Crippen LogP contribution in [0.3, 0.4) is 0 Å². The molecule has 0 spiro atoms. The fourth-order valence-corrected chi connectivity index (χ4v) is 3.52. The summed E-state index contributed by atoms with van der Waals surface area (Å²) >= 11 is 1.84. The zero-order valence-corrected chi connectivity index (χ0v) is 11.4. The minimum atomic E-state index is 1.22. The van der Waals surface area contributed by atoms with Crippen molar-refractivity contribution in [3.05, 3.63) is 60.3 Å². The SMILES string of the molecule is C=CN1c2ccc(C)cc2Sc2cc(C)ccc21. The normalized spacial score (nSPS) is 12.9. The van der Waals surface area contributed by atoms with E-state index in [1.807, 2.05) is 18.0 Å². The Morgan fingerprint density at radius 1 is 0.944 bits per heavy atom. The summed E-state index contributed by atoms with van der Waals surface area (Å²) in [4.78, 5) is 4.76. The van der Waals surface area contributed by atoms with Crippen molar-refractivity contribution in [2.75, 3.05) is 4.90 Å². The molecule has 0 bridgehead atoms. The smallest absolute Gasteiger partial charge is 0.0595 e. The van der Waals surface area contributed by atoms with E-state index in [9.17, 15) is 0 Å². The molecule has 0 saturated carbocycles. The Labute approximate surface area is 112 Å². The lowest BCUT2D eigenvalue weighted by atomic mass is 10.1. The molecule has 0 aromatic heterocycles. The molecule has 0 unspecified atom stereocenters. The van der Waals surface area contributed by atoms with Gasteiger partial charge in [0.25, 0.3) is 0 Å². The third-order valence-corrected chi connectivity index (χ3v) is 4.25. The van der Waals surface area contributed by atoms with Gasteiger partial charge in [0, 0.05) is 16.0 Å². The van der Waals surface area contributed by atoms with Crippen LogP contribution >= 0.6 is 11.8 Å². The molecule has 2 aromatic carbocycles. The second kappa shape index (κ2) is 4.21. The first-order valence-electron chi connectivity index (χ1n) is 6.00. The largest absolute Gasteiger partial charge is 0.315 e. The lowest BCUT2D eigenvalue weighted by Crippen LogP contribution is -2.13. The molecule has 2 heteroatoms. The zero-order chi connectivity index (χ0) is 12.7. The maximum absolute atomic E-state index is 3.94. The van der Waals surface area contributed by atoms with Gasteiger partial charge in [-0.2, -0.15) is 0 Å². The second-order valence-electron chi connectivity index (χ2n) is 4.60. The van der Waals surface area contributed by atoms with Crippen LogP contribution in [0.25, 0.3) is 0 Å². The van der Waals surface area contributed by atoms with Gasteiger partial charge in [-0.15, -0.1) is 0 Å².